The highest BCUT2D eigenvalue weighted by molar-refractivity contribution is 6.39. The number of unbranched alkanes of at least 4 members (excludes halogenated alkanes) is 1. The first-order chi connectivity index (χ1) is 11.0. The van der Waals surface area contributed by atoms with Crippen LogP contribution in [0.1, 0.15) is 32.3 Å². The molecule has 0 aliphatic rings. The summed E-state index contributed by atoms with van der Waals surface area (Å²) in [6, 6.07) is 12.3. The van der Waals surface area contributed by atoms with Crippen molar-refractivity contribution in [2.45, 2.75) is 33.1 Å². The average Bonchev–Trinajstić information content (AvgIpc) is 2.52. The van der Waals surface area contributed by atoms with Crippen LogP contribution in [0.25, 0.3) is 0 Å². The van der Waals surface area contributed by atoms with Gasteiger partial charge in [0.1, 0.15) is 0 Å². The van der Waals surface area contributed by atoms with E-state index in [2.05, 4.69) is 19.2 Å². The maximum Gasteiger partial charge on any atom is 0.307 e. The third kappa shape index (κ3) is 7.21. The SMILES string of the molecule is CCCC.N.O=C(O)Cc1ccccc1Nc1c(Cl)cccc1Cl. The summed E-state index contributed by atoms with van der Waals surface area (Å²) >= 11 is 12.1. The number of halogens is 2. The smallest absolute Gasteiger partial charge is 0.307 e. The molecule has 2 aromatic carbocycles. The van der Waals surface area contributed by atoms with E-state index < -0.39 is 5.97 Å². The number of nitrogens with one attached hydrogen (secondary N) is 1. The largest absolute Gasteiger partial charge is 0.481 e. The molecule has 2 rings (SSSR count). The van der Waals surface area contributed by atoms with Gasteiger partial charge in [-0.15, -0.1) is 0 Å². The molecule has 6 heteroatoms. The fourth-order valence-corrected chi connectivity index (χ4v) is 2.20. The summed E-state index contributed by atoms with van der Waals surface area (Å²) < 4.78 is 0. The van der Waals surface area contributed by atoms with Crippen LogP contribution in [0.4, 0.5) is 11.4 Å². The number of benzene rings is 2. The monoisotopic (exact) mass is 370 g/mol. The molecular weight excluding hydrogens is 347 g/mol. The zero-order valence-electron chi connectivity index (χ0n) is 14.0. The second-order valence-electron chi connectivity index (χ2n) is 4.95. The maximum absolute atomic E-state index is 10.8. The Morgan fingerprint density at radius 2 is 1.54 bits per heavy atom. The lowest BCUT2D eigenvalue weighted by Crippen LogP contribution is -2.04. The number of para-hydroxylation sites is 2. The Morgan fingerprint density at radius 1 is 1.00 bits per heavy atom. The molecule has 2 aromatic rings. The van der Waals surface area contributed by atoms with E-state index in [0.717, 1.165) is 0 Å². The van der Waals surface area contributed by atoms with Crippen molar-refractivity contribution in [3.05, 3.63) is 58.1 Å². The molecule has 0 radical (unpaired) electrons. The standard InChI is InChI=1S/C14H11Cl2NO2.C4H10.H3N/c15-10-5-3-6-11(16)14(10)17-12-7-2-1-4-9(12)8-13(18)19;1-3-4-2;/h1-7,17H,8H2,(H,18,19);3-4H2,1-2H3;1H3. The van der Waals surface area contributed by atoms with Crippen molar-refractivity contribution < 1.29 is 9.90 Å². The molecule has 5 N–H and O–H groups in total. The molecule has 0 heterocycles. The third-order valence-electron chi connectivity index (χ3n) is 3.08. The van der Waals surface area contributed by atoms with Gasteiger partial charge in [0.25, 0.3) is 0 Å². The Balaban J connectivity index is 0.000000954. The van der Waals surface area contributed by atoms with Gasteiger partial charge in [-0.25, -0.2) is 0 Å². The molecule has 24 heavy (non-hydrogen) atoms. The molecular formula is C18H24Cl2N2O2. The number of aliphatic carboxylic acids is 1. The zero-order chi connectivity index (χ0) is 17.2. The van der Waals surface area contributed by atoms with E-state index in [4.69, 9.17) is 28.3 Å². The Morgan fingerprint density at radius 3 is 2.04 bits per heavy atom. The van der Waals surface area contributed by atoms with Crippen LogP contribution in [0.2, 0.25) is 10.0 Å². The first-order valence-electron chi connectivity index (χ1n) is 7.50. The number of anilines is 2. The topological polar surface area (TPSA) is 84.3 Å². The van der Waals surface area contributed by atoms with Crippen molar-refractivity contribution in [1.29, 1.82) is 0 Å². The number of hydrogen-bond acceptors (Lipinski definition) is 3. The predicted molar refractivity (Wildman–Crippen MR) is 103 cm³/mol. The van der Waals surface area contributed by atoms with Gasteiger partial charge in [-0.2, -0.15) is 0 Å². The number of carboxylic acids is 1. The van der Waals surface area contributed by atoms with Gasteiger partial charge >= 0.3 is 5.97 Å². The van der Waals surface area contributed by atoms with Crippen molar-refractivity contribution in [1.82, 2.24) is 6.15 Å². The summed E-state index contributed by atoms with van der Waals surface area (Å²) in [6.45, 7) is 4.36. The Labute approximate surface area is 153 Å². The molecule has 132 valence electrons. The molecule has 0 fully saturated rings. The Bertz CT molecular complexity index is 626. The molecule has 0 aliphatic carbocycles. The zero-order valence-corrected chi connectivity index (χ0v) is 15.5. The highest BCUT2D eigenvalue weighted by Crippen LogP contribution is 2.33. The summed E-state index contributed by atoms with van der Waals surface area (Å²) in [4.78, 5) is 10.8. The van der Waals surface area contributed by atoms with Crippen molar-refractivity contribution in [2.75, 3.05) is 5.32 Å². The molecule has 0 bridgehead atoms. The highest BCUT2D eigenvalue weighted by atomic mass is 35.5. The molecule has 0 atom stereocenters. The van der Waals surface area contributed by atoms with E-state index >= 15 is 0 Å². The van der Waals surface area contributed by atoms with Gasteiger partial charge < -0.3 is 16.6 Å². The number of hydrogen-bond donors (Lipinski definition) is 3. The second-order valence-corrected chi connectivity index (χ2v) is 5.76. The van der Waals surface area contributed by atoms with Crippen LogP contribution in [0, 0.1) is 0 Å². The number of carbonyl (C=O) groups is 1. The minimum Gasteiger partial charge on any atom is -0.481 e. The molecule has 0 amide bonds. The molecule has 0 aliphatic heterocycles. The first-order valence-corrected chi connectivity index (χ1v) is 8.25. The molecule has 0 saturated carbocycles. The van der Waals surface area contributed by atoms with E-state index in [1.165, 1.54) is 12.8 Å². The minimum absolute atomic E-state index is 0. The van der Waals surface area contributed by atoms with E-state index in [1.54, 1.807) is 36.4 Å². The predicted octanol–water partition coefficient (Wildman–Crippen LogP) is 6.33. The van der Waals surface area contributed by atoms with E-state index in [-0.39, 0.29) is 12.6 Å². The van der Waals surface area contributed by atoms with E-state index in [0.29, 0.717) is 27.0 Å². The van der Waals surface area contributed by atoms with Crippen molar-refractivity contribution in [2.24, 2.45) is 0 Å². The minimum atomic E-state index is -0.889. The highest BCUT2D eigenvalue weighted by Gasteiger charge is 2.10. The summed E-state index contributed by atoms with van der Waals surface area (Å²) in [5.74, 6) is -0.889. The van der Waals surface area contributed by atoms with E-state index in [9.17, 15) is 4.79 Å². The summed E-state index contributed by atoms with van der Waals surface area (Å²) in [5, 5.41) is 12.9. The third-order valence-corrected chi connectivity index (χ3v) is 3.71. The van der Waals surface area contributed by atoms with Crippen LogP contribution in [-0.2, 0) is 11.2 Å². The normalized spacial score (nSPS) is 9.33. The van der Waals surface area contributed by atoms with Crippen LogP contribution >= 0.6 is 23.2 Å². The fourth-order valence-electron chi connectivity index (χ4n) is 1.71. The first kappa shape index (κ1) is 22.2. The van der Waals surface area contributed by atoms with Crippen LogP contribution < -0.4 is 11.5 Å². The summed E-state index contributed by atoms with van der Waals surface area (Å²) in [6.07, 6.45) is 2.57. The van der Waals surface area contributed by atoms with Gasteiger partial charge in [-0.05, 0) is 23.8 Å². The van der Waals surface area contributed by atoms with Gasteiger partial charge in [0.2, 0.25) is 0 Å². The lowest BCUT2D eigenvalue weighted by Gasteiger charge is -2.13. The van der Waals surface area contributed by atoms with Crippen molar-refractivity contribution in [3.63, 3.8) is 0 Å². The van der Waals surface area contributed by atoms with E-state index in [1.807, 2.05) is 6.07 Å². The van der Waals surface area contributed by atoms with Gasteiger partial charge in [0.05, 0.1) is 22.2 Å². The lowest BCUT2D eigenvalue weighted by molar-refractivity contribution is -0.136. The van der Waals surface area contributed by atoms with Crippen LogP contribution in [0.15, 0.2) is 42.5 Å². The van der Waals surface area contributed by atoms with Crippen LogP contribution in [0.3, 0.4) is 0 Å². The average molecular weight is 371 g/mol. The second kappa shape index (κ2) is 11.7. The van der Waals surface area contributed by atoms with Gasteiger partial charge in [-0.1, -0.05) is 74.2 Å². The quantitative estimate of drug-likeness (QED) is 0.573. The van der Waals surface area contributed by atoms with Crippen molar-refractivity contribution in [3.8, 4) is 0 Å². The van der Waals surface area contributed by atoms with Crippen molar-refractivity contribution >= 4 is 40.5 Å². The number of carboxylic acid groups (broad SMARTS) is 1. The molecule has 0 spiro atoms. The van der Waals surface area contributed by atoms with Crippen LogP contribution in [-0.4, -0.2) is 11.1 Å². The molecule has 0 unspecified atom stereocenters. The molecule has 0 saturated heterocycles. The van der Waals surface area contributed by atoms with Gasteiger partial charge in [-0.3, -0.25) is 4.79 Å². The van der Waals surface area contributed by atoms with Crippen LogP contribution in [0.5, 0.6) is 0 Å². The lowest BCUT2D eigenvalue weighted by atomic mass is 10.1. The summed E-state index contributed by atoms with van der Waals surface area (Å²) in [7, 11) is 0. The Kier molecular flexibility index (Phi) is 10.9. The van der Waals surface area contributed by atoms with Gasteiger partial charge in [0.15, 0.2) is 0 Å². The molecule has 4 nitrogen and oxygen atoms in total. The fraction of sp³-hybridized carbons (Fsp3) is 0.278. The summed E-state index contributed by atoms with van der Waals surface area (Å²) in [5.41, 5.74) is 1.93. The van der Waals surface area contributed by atoms with Gasteiger partial charge in [0, 0.05) is 5.69 Å². The number of rotatable bonds is 5. The molecule has 0 aromatic heterocycles. The maximum atomic E-state index is 10.8. The Hall–Kier alpha value is -1.75.